The van der Waals surface area contributed by atoms with E-state index in [4.69, 9.17) is 10.5 Å². The van der Waals surface area contributed by atoms with Gasteiger partial charge in [0, 0.05) is 29.1 Å². The summed E-state index contributed by atoms with van der Waals surface area (Å²) < 4.78 is 46.6. The minimum atomic E-state index is -4.70. The zero-order chi connectivity index (χ0) is 28.3. The largest absolute Gasteiger partial charge is 0.496 e. The van der Waals surface area contributed by atoms with Gasteiger partial charge < -0.3 is 15.0 Å². The summed E-state index contributed by atoms with van der Waals surface area (Å²) in [6.45, 7) is 1.25. The fourth-order valence-electron chi connectivity index (χ4n) is 3.45. The van der Waals surface area contributed by atoms with Crippen molar-refractivity contribution in [3.63, 3.8) is 0 Å². The molecule has 0 radical (unpaired) electrons. The zero-order valence-electron chi connectivity index (χ0n) is 20.2. The van der Waals surface area contributed by atoms with Crippen molar-refractivity contribution in [2.45, 2.75) is 19.6 Å². The number of aromatic nitrogens is 5. The number of hydrogen-bond donors (Lipinski definition) is 3. The fraction of sp³-hybridized carbons (Fsp3) is 0.167. The van der Waals surface area contributed by atoms with Crippen LogP contribution in [0, 0.1) is 18.8 Å². The van der Waals surface area contributed by atoms with Crippen molar-refractivity contribution in [3.8, 4) is 28.7 Å². The van der Waals surface area contributed by atoms with E-state index < -0.39 is 35.7 Å². The van der Waals surface area contributed by atoms with Crippen molar-refractivity contribution in [2.24, 2.45) is 5.73 Å². The van der Waals surface area contributed by atoms with E-state index in [2.05, 4.69) is 37.6 Å². The van der Waals surface area contributed by atoms with E-state index in [-0.39, 0.29) is 32.6 Å². The summed E-state index contributed by atoms with van der Waals surface area (Å²) in [6, 6.07) is 5.28. The van der Waals surface area contributed by atoms with Crippen molar-refractivity contribution in [2.75, 3.05) is 12.4 Å². The number of aromatic amines is 1. The highest BCUT2D eigenvalue weighted by atomic mass is 32.1. The third kappa shape index (κ3) is 6.30. The highest BCUT2D eigenvalue weighted by molar-refractivity contribution is 7.15. The number of aryl methyl sites for hydroxylation is 1. The smallest absolute Gasteiger partial charge is 0.416 e. The van der Waals surface area contributed by atoms with Gasteiger partial charge in [-0.05, 0) is 43.0 Å². The summed E-state index contributed by atoms with van der Waals surface area (Å²) in [4.78, 5) is 37.3. The van der Waals surface area contributed by atoms with Crippen molar-refractivity contribution in [3.05, 3.63) is 74.4 Å². The highest BCUT2D eigenvalue weighted by Gasteiger charge is 2.32. The number of nitrogens with two attached hydrogens (primary N) is 1. The SMILES string of the molecule is COc1ccc(C(F)(F)F)cc1-c1cn(CC(N)=O)c(=O)cc1C(=O)Nc1nnc(C#Cc2cc(C)[nH]n2)s1. The number of primary amides is 1. The van der Waals surface area contributed by atoms with Gasteiger partial charge in [-0.15, -0.1) is 10.2 Å². The molecule has 0 spiro atoms. The molecule has 4 rings (SSSR count). The number of rotatable bonds is 6. The van der Waals surface area contributed by atoms with Crippen molar-refractivity contribution in [1.82, 2.24) is 25.0 Å². The molecule has 1 aromatic carbocycles. The van der Waals surface area contributed by atoms with Crippen molar-refractivity contribution >= 4 is 28.3 Å². The van der Waals surface area contributed by atoms with E-state index in [9.17, 15) is 27.6 Å². The van der Waals surface area contributed by atoms with Crippen LogP contribution in [0.4, 0.5) is 18.3 Å². The minimum Gasteiger partial charge on any atom is -0.496 e. The number of amides is 2. The summed E-state index contributed by atoms with van der Waals surface area (Å²) in [6.07, 6.45) is -3.63. The van der Waals surface area contributed by atoms with E-state index in [0.29, 0.717) is 5.69 Å². The number of halogens is 3. The van der Waals surface area contributed by atoms with Gasteiger partial charge in [-0.25, -0.2) is 0 Å². The number of methoxy groups -OCH3 is 1. The van der Waals surface area contributed by atoms with Crippen LogP contribution >= 0.6 is 11.3 Å². The lowest BCUT2D eigenvalue weighted by molar-refractivity contribution is -0.137. The summed E-state index contributed by atoms with van der Waals surface area (Å²) >= 11 is 0.929. The summed E-state index contributed by atoms with van der Waals surface area (Å²) in [5.74, 6) is 3.79. The number of alkyl halides is 3. The molecular formula is C24H18F3N7O4S. The second kappa shape index (κ2) is 10.8. The lowest BCUT2D eigenvalue weighted by Gasteiger charge is -2.17. The van der Waals surface area contributed by atoms with Crippen molar-refractivity contribution < 1.29 is 27.5 Å². The maximum atomic E-state index is 13.5. The number of benzene rings is 1. The molecule has 0 saturated carbocycles. The molecule has 39 heavy (non-hydrogen) atoms. The molecule has 0 aliphatic carbocycles. The van der Waals surface area contributed by atoms with Gasteiger partial charge >= 0.3 is 6.18 Å². The molecule has 15 heteroatoms. The normalized spacial score (nSPS) is 11.0. The first-order valence-corrected chi connectivity index (χ1v) is 11.7. The third-order valence-electron chi connectivity index (χ3n) is 5.16. The molecule has 4 aromatic rings. The number of hydrogen-bond acceptors (Lipinski definition) is 8. The average Bonchev–Trinajstić information content (AvgIpc) is 3.50. The predicted octanol–water partition coefficient (Wildman–Crippen LogP) is 2.56. The number of pyridine rings is 1. The van der Waals surface area contributed by atoms with Gasteiger partial charge in [0.15, 0.2) is 5.01 Å². The number of carbonyl (C=O) groups is 2. The first-order valence-electron chi connectivity index (χ1n) is 10.9. The molecule has 0 aliphatic heterocycles. The van der Waals surface area contributed by atoms with Gasteiger partial charge in [-0.1, -0.05) is 11.3 Å². The zero-order valence-corrected chi connectivity index (χ0v) is 21.0. The van der Waals surface area contributed by atoms with Gasteiger partial charge in [-0.3, -0.25) is 24.8 Å². The fourth-order valence-corrected chi connectivity index (χ4v) is 4.04. The van der Waals surface area contributed by atoms with Crippen LogP contribution in [-0.4, -0.2) is 43.9 Å². The van der Waals surface area contributed by atoms with E-state index in [1.165, 1.54) is 7.11 Å². The van der Waals surface area contributed by atoms with Crippen LogP contribution in [0.3, 0.4) is 0 Å². The Balaban J connectivity index is 1.75. The molecule has 4 N–H and O–H groups in total. The molecule has 0 unspecified atom stereocenters. The molecule has 3 heterocycles. The number of carbonyl (C=O) groups excluding carboxylic acids is 2. The Morgan fingerprint density at radius 3 is 2.59 bits per heavy atom. The van der Waals surface area contributed by atoms with Gasteiger partial charge in [0.25, 0.3) is 11.5 Å². The molecule has 0 atom stereocenters. The minimum absolute atomic E-state index is 0.0107. The molecule has 0 fully saturated rings. The van der Waals surface area contributed by atoms with E-state index >= 15 is 0 Å². The topological polar surface area (TPSA) is 158 Å². The Hall–Kier alpha value is -4.97. The van der Waals surface area contributed by atoms with Gasteiger partial charge in [0.05, 0.1) is 18.2 Å². The molecule has 3 aromatic heterocycles. The quantitative estimate of drug-likeness (QED) is 0.308. The summed E-state index contributed by atoms with van der Waals surface area (Å²) in [5.41, 5.74) is 4.13. The number of nitrogens with one attached hydrogen (secondary N) is 2. The maximum Gasteiger partial charge on any atom is 0.416 e. The highest BCUT2D eigenvalue weighted by Crippen LogP contribution is 2.38. The van der Waals surface area contributed by atoms with Gasteiger partial charge in [0.1, 0.15) is 18.0 Å². The van der Waals surface area contributed by atoms with Crippen LogP contribution in [0.1, 0.15) is 32.3 Å². The lowest BCUT2D eigenvalue weighted by Crippen LogP contribution is -2.29. The standard InChI is InChI=1S/C24H18F3N7O4S/c1-12-7-14(31-30-12)4-6-20-32-33-23(39-20)29-22(37)16-9-21(36)34(11-19(28)35)10-17(16)15-8-13(24(25,26)27)3-5-18(15)38-2/h3,5,7-10H,11H2,1-2H3,(H2,28,35)(H,30,31)(H,29,33,37). The second-order valence-electron chi connectivity index (χ2n) is 8.00. The first kappa shape index (κ1) is 27.1. The molecule has 2 amide bonds. The molecule has 0 aliphatic rings. The average molecular weight is 558 g/mol. The van der Waals surface area contributed by atoms with E-state index in [0.717, 1.165) is 52.1 Å². The van der Waals surface area contributed by atoms with Gasteiger partial charge in [0.2, 0.25) is 11.0 Å². The molecular weight excluding hydrogens is 539 g/mol. The number of ether oxygens (including phenoxy) is 1. The molecule has 0 saturated heterocycles. The maximum absolute atomic E-state index is 13.5. The van der Waals surface area contributed by atoms with Crippen LogP contribution in [0.15, 0.2) is 41.3 Å². The Bertz CT molecular complexity index is 1700. The Morgan fingerprint density at radius 2 is 1.95 bits per heavy atom. The number of nitrogens with zero attached hydrogens (tertiary/aromatic N) is 4. The van der Waals surface area contributed by atoms with Crippen LogP contribution in [0.5, 0.6) is 5.75 Å². The lowest BCUT2D eigenvalue weighted by atomic mass is 9.98. The van der Waals surface area contributed by atoms with Crippen LogP contribution in [0.2, 0.25) is 0 Å². The van der Waals surface area contributed by atoms with Crippen LogP contribution < -0.4 is 21.3 Å². The summed E-state index contributed by atoms with van der Waals surface area (Å²) in [5, 5.41) is 17.2. The Labute approximate surface area is 221 Å². The monoisotopic (exact) mass is 557 g/mol. The second-order valence-corrected chi connectivity index (χ2v) is 8.98. The molecule has 11 nitrogen and oxygen atoms in total. The number of H-pyrrole nitrogens is 1. The van der Waals surface area contributed by atoms with E-state index in [1.807, 2.05) is 6.92 Å². The third-order valence-corrected chi connectivity index (χ3v) is 5.92. The Kier molecular flexibility index (Phi) is 7.49. The van der Waals surface area contributed by atoms with Crippen molar-refractivity contribution in [1.29, 1.82) is 0 Å². The molecule has 0 bridgehead atoms. The van der Waals surface area contributed by atoms with Crippen LogP contribution in [0.25, 0.3) is 11.1 Å². The van der Waals surface area contributed by atoms with E-state index in [1.54, 1.807) is 6.07 Å². The predicted molar refractivity (Wildman–Crippen MR) is 134 cm³/mol. The molecule has 200 valence electrons. The van der Waals surface area contributed by atoms with Gasteiger partial charge in [-0.2, -0.15) is 18.3 Å². The Morgan fingerprint density at radius 1 is 1.18 bits per heavy atom. The summed E-state index contributed by atoms with van der Waals surface area (Å²) in [7, 11) is 1.24. The van der Waals surface area contributed by atoms with Crippen LogP contribution in [-0.2, 0) is 17.5 Å². The first-order chi connectivity index (χ1) is 18.4. The number of anilines is 1.